The highest BCUT2D eigenvalue weighted by Gasteiger charge is 2.25. The van der Waals surface area contributed by atoms with Gasteiger partial charge in [-0.1, -0.05) is 18.2 Å². The van der Waals surface area contributed by atoms with E-state index in [1.54, 1.807) is 30.3 Å². The van der Waals surface area contributed by atoms with E-state index in [0.717, 1.165) is 0 Å². The molecular formula is C11H12F3NO2. The summed E-state index contributed by atoms with van der Waals surface area (Å²) in [6.07, 6.45) is -6.02. The molecule has 0 aliphatic rings. The minimum Gasteiger partial charge on any atom is -0.410 e. The molecule has 1 amide bonds. The Labute approximate surface area is 96.6 Å². The van der Waals surface area contributed by atoms with Gasteiger partial charge in [0, 0.05) is 13.0 Å². The fourth-order valence-electron chi connectivity index (χ4n) is 1.11. The number of amides is 1. The zero-order valence-corrected chi connectivity index (χ0v) is 8.96. The van der Waals surface area contributed by atoms with E-state index < -0.39 is 18.7 Å². The number of benzene rings is 1. The molecule has 0 saturated heterocycles. The molecule has 0 aliphatic carbocycles. The van der Waals surface area contributed by atoms with E-state index >= 15 is 0 Å². The van der Waals surface area contributed by atoms with Gasteiger partial charge in [0.05, 0.1) is 0 Å². The number of ether oxygens (including phenoxy) is 1. The Morgan fingerprint density at radius 3 is 2.47 bits per heavy atom. The Kier molecular flexibility index (Phi) is 4.81. The van der Waals surface area contributed by atoms with Crippen molar-refractivity contribution in [3.8, 4) is 5.75 Å². The summed E-state index contributed by atoms with van der Waals surface area (Å²) < 4.78 is 40.2. The molecule has 0 aliphatic heterocycles. The van der Waals surface area contributed by atoms with Crippen LogP contribution >= 0.6 is 0 Å². The molecule has 1 aromatic carbocycles. The van der Waals surface area contributed by atoms with Crippen molar-refractivity contribution in [1.29, 1.82) is 0 Å². The van der Waals surface area contributed by atoms with Crippen LogP contribution in [0.5, 0.6) is 5.75 Å². The third-order valence-electron chi connectivity index (χ3n) is 1.86. The second-order valence-electron chi connectivity index (χ2n) is 3.35. The molecule has 3 nitrogen and oxygen atoms in total. The van der Waals surface area contributed by atoms with Gasteiger partial charge in [-0.15, -0.1) is 0 Å². The van der Waals surface area contributed by atoms with E-state index in [4.69, 9.17) is 4.74 Å². The van der Waals surface area contributed by atoms with E-state index in [0.29, 0.717) is 5.75 Å². The molecular weight excluding hydrogens is 235 g/mol. The van der Waals surface area contributed by atoms with Gasteiger partial charge in [-0.25, -0.2) is 4.79 Å². The normalized spacial score (nSPS) is 11.0. The van der Waals surface area contributed by atoms with E-state index in [9.17, 15) is 18.0 Å². The Morgan fingerprint density at radius 1 is 1.24 bits per heavy atom. The van der Waals surface area contributed by atoms with E-state index in [2.05, 4.69) is 5.32 Å². The molecule has 1 aromatic rings. The quantitative estimate of drug-likeness (QED) is 0.830. The Bertz CT molecular complexity index is 351. The number of halogens is 3. The van der Waals surface area contributed by atoms with Crippen LogP contribution in [0.4, 0.5) is 18.0 Å². The molecule has 0 atom stereocenters. The van der Waals surface area contributed by atoms with Crippen molar-refractivity contribution in [2.24, 2.45) is 0 Å². The summed E-state index contributed by atoms with van der Waals surface area (Å²) in [4.78, 5) is 11.1. The molecule has 0 spiro atoms. The predicted molar refractivity (Wildman–Crippen MR) is 55.8 cm³/mol. The molecule has 6 heteroatoms. The zero-order valence-electron chi connectivity index (χ0n) is 8.96. The lowest BCUT2D eigenvalue weighted by Gasteiger charge is -2.07. The lowest BCUT2D eigenvalue weighted by molar-refractivity contribution is -0.135. The average Bonchev–Trinajstić information content (AvgIpc) is 2.25. The minimum absolute atomic E-state index is 0.0643. The summed E-state index contributed by atoms with van der Waals surface area (Å²) in [7, 11) is 0. The first-order valence-electron chi connectivity index (χ1n) is 5.05. The van der Waals surface area contributed by atoms with Crippen LogP contribution in [0.15, 0.2) is 30.3 Å². The van der Waals surface area contributed by atoms with Crippen molar-refractivity contribution in [2.75, 3.05) is 6.54 Å². The monoisotopic (exact) mass is 247 g/mol. The van der Waals surface area contributed by atoms with Crippen molar-refractivity contribution in [2.45, 2.75) is 19.0 Å². The Morgan fingerprint density at radius 2 is 1.88 bits per heavy atom. The first-order valence-corrected chi connectivity index (χ1v) is 5.05. The Balaban J connectivity index is 2.18. The summed E-state index contributed by atoms with van der Waals surface area (Å²) in [5, 5.41) is 2.24. The van der Waals surface area contributed by atoms with Crippen LogP contribution in [0, 0.1) is 0 Å². The maximum absolute atomic E-state index is 11.8. The first-order chi connectivity index (χ1) is 7.97. The van der Waals surface area contributed by atoms with Gasteiger partial charge in [-0.2, -0.15) is 13.2 Å². The second kappa shape index (κ2) is 6.12. The lowest BCUT2D eigenvalue weighted by Crippen LogP contribution is -2.28. The molecule has 1 N–H and O–H groups in total. The van der Waals surface area contributed by atoms with Crippen molar-refractivity contribution >= 4 is 6.09 Å². The van der Waals surface area contributed by atoms with Gasteiger partial charge in [0.2, 0.25) is 0 Å². The number of alkyl halides is 3. The number of rotatable bonds is 4. The number of hydrogen-bond acceptors (Lipinski definition) is 2. The van der Waals surface area contributed by atoms with Gasteiger partial charge < -0.3 is 10.1 Å². The zero-order chi connectivity index (χ0) is 12.7. The maximum Gasteiger partial charge on any atom is 0.412 e. The summed E-state index contributed by atoms with van der Waals surface area (Å²) in [6, 6.07) is 8.29. The minimum atomic E-state index is -4.19. The third kappa shape index (κ3) is 6.44. The molecule has 0 aromatic heterocycles. The van der Waals surface area contributed by atoms with Gasteiger partial charge >= 0.3 is 12.3 Å². The lowest BCUT2D eigenvalue weighted by atomic mass is 10.3. The highest BCUT2D eigenvalue weighted by molar-refractivity contribution is 5.70. The number of nitrogens with one attached hydrogen (secondary N) is 1. The van der Waals surface area contributed by atoms with Crippen LogP contribution in [0.1, 0.15) is 12.8 Å². The fraction of sp³-hybridized carbons (Fsp3) is 0.364. The Hall–Kier alpha value is -1.72. The number of hydrogen-bond donors (Lipinski definition) is 1. The van der Waals surface area contributed by atoms with Crippen molar-refractivity contribution < 1.29 is 22.7 Å². The number of para-hydroxylation sites is 1. The highest BCUT2D eigenvalue weighted by atomic mass is 19.4. The van der Waals surface area contributed by atoms with Gasteiger partial charge in [0.1, 0.15) is 5.75 Å². The first kappa shape index (κ1) is 13.3. The van der Waals surface area contributed by atoms with E-state index in [-0.39, 0.29) is 13.0 Å². The van der Waals surface area contributed by atoms with E-state index in [1.165, 1.54) is 0 Å². The van der Waals surface area contributed by atoms with Crippen LogP contribution in [-0.2, 0) is 0 Å². The highest BCUT2D eigenvalue weighted by Crippen LogP contribution is 2.20. The summed E-state index contributed by atoms with van der Waals surface area (Å²) in [5.74, 6) is 0.348. The van der Waals surface area contributed by atoms with Gasteiger partial charge in [0.15, 0.2) is 0 Å². The molecule has 0 heterocycles. The number of carbonyl (C=O) groups excluding carboxylic acids is 1. The third-order valence-corrected chi connectivity index (χ3v) is 1.86. The van der Waals surface area contributed by atoms with Crippen LogP contribution < -0.4 is 10.1 Å². The summed E-state index contributed by atoms with van der Waals surface area (Å²) in [6.45, 7) is -0.0643. The molecule has 0 radical (unpaired) electrons. The fourth-order valence-corrected chi connectivity index (χ4v) is 1.11. The number of carbonyl (C=O) groups is 1. The molecule has 94 valence electrons. The molecule has 0 unspecified atom stereocenters. The average molecular weight is 247 g/mol. The molecule has 17 heavy (non-hydrogen) atoms. The SMILES string of the molecule is O=C(NCCCC(F)(F)F)Oc1ccccc1. The van der Waals surface area contributed by atoms with Crippen LogP contribution in [0.2, 0.25) is 0 Å². The largest absolute Gasteiger partial charge is 0.412 e. The van der Waals surface area contributed by atoms with Crippen LogP contribution in [-0.4, -0.2) is 18.8 Å². The maximum atomic E-state index is 11.8. The van der Waals surface area contributed by atoms with E-state index in [1.807, 2.05) is 0 Å². The van der Waals surface area contributed by atoms with Crippen LogP contribution in [0.25, 0.3) is 0 Å². The molecule has 0 saturated carbocycles. The van der Waals surface area contributed by atoms with Crippen molar-refractivity contribution in [3.05, 3.63) is 30.3 Å². The molecule has 0 fully saturated rings. The predicted octanol–water partition coefficient (Wildman–Crippen LogP) is 3.12. The smallest absolute Gasteiger partial charge is 0.410 e. The summed E-state index contributed by atoms with van der Waals surface area (Å²) >= 11 is 0. The van der Waals surface area contributed by atoms with Gasteiger partial charge in [-0.05, 0) is 18.6 Å². The molecule has 0 bridgehead atoms. The van der Waals surface area contributed by atoms with Crippen molar-refractivity contribution in [1.82, 2.24) is 5.32 Å². The second-order valence-corrected chi connectivity index (χ2v) is 3.35. The van der Waals surface area contributed by atoms with Crippen molar-refractivity contribution in [3.63, 3.8) is 0 Å². The summed E-state index contributed by atoms with van der Waals surface area (Å²) in [5.41, 5.74) is 0. The molecule has 1 rings (SSSR count). The van der Waals surface area contributed by atoms with Gasteiger partial charge in [0.25, 0.3) is 0 Å². The topological polar surface area (TPSA) is 38.3 Å². The van der Waals surface area contributed by atoms with Gasteiger partial charge in [-0.3, -0.25) is 0 Å². The standard InChI is InChI=1S/C11H12F3NO2/c12-11(13,14)7-4-8-15-10(16)17-9-5-2-1-3-6-9/h1-3,5-6H,4,7-8H2,(H,15,16). The van der Waals surface area contributed by atoms with Crippen LogP contribution in [0.3, 0.4) is 0 Å².